The molecule has 2 N–H and O–H groups in total. The van der Waals surface area contributed by atoms with E-state index in [1.54, 1.807) is 0 Å². The summed E-state index contributed by atoms with van der Waals surface area (Å²) in [5.74, 6) is 0. The van der Waals surface area contributed by atoms with E-state index in [4.69, 9.17) is 5.11 Å². The smallest absolute Gasteiger partial charge is 0.409 e. The number of anilines is 1. The molecular weight excluding hydrogens is 226 g/mol. The Hall–Kier alpha value is -1.51. The first-order chi connectivity index (χ1) is 8.10. The molecule has 1 amide bonds. The summed E-state index contributed by atoms with van der Waals surface area (Å²) in [6.45, 7) is 11.1. The monoisotopic (exact) mass is 249 g/mol. The maximum absolute atomic E-state index is 10.5. The van der Waals surface area contributed by atoms with Gasteiger partial charge in [0, 0.05) is 5.69 Å². The van der Waals surface area contributed by atoms with Gasteiger partial charge >= 0.3 is 6.09 Å². The molecule has 3 nitrogen and oxygen atoms in total. The van der Waals surface area contributed by atoms with Crippen LogP contribution >= 0.6 is 0 Å². The van der Waals surface area contributed by atoms with Crippen molar-refractivity contribution in [3.8, 4) is 0 Å². The Balaban J connectivity index is 2.87. The van der Waals surface area contributed by atoms with Gasteiger partial charge in [0.15, 0.2) is 0 Å². The van der Waals surface area contributed by atoms with Crippen LogP contribution in [0.25, 0.3) is 0 Å². The van der Waals surface area contributed by atoms with Crippen LogP contribution < -0.4 is 5.32 Å². The normalized spacial score (nSPS) is 12.3. The SMILES string of the molecule is CC(C)(C)CC(C)(C)c1ccc(NC(=O)O)cc1. The van der Waals surface area contributed by atoms with Crippen LogP contribution in [-0.2, 0) is 5.41 Å². The first kappa shape index (κ1) is 14.6. The van der Waals surface area contributed by atoms with Gasteiger partial charge in [-0.25, -0.2) is 4.79 Å². The molecule has 0 aromatic heterocycles. The summed E-state index contributed by atoms with van der Waals surface area (Å²) >= 11 is 0. The highest BCUT2D eigenvalue weighted by Crippen LogP contribution is 2.36. The molecule has 0 radical (unpaired) electrons. The fraction of sp³-hybridized carbons (Fsp3) is 0.533. The Morgan fingerprint density at radius 2 is 1.61 bits per heavy atom. The van der Waals surface area contributed by atoms with Crippen molar-refractivity contribution in [3.63, 3.8) is 0 Å². The molecule has 1 aromatic carbocycles. The minimum Gasteiger partial charge on any atom is -0.465 e. The third-order valence-electron chi connectivity index (χ3n) is 2.89. The van der Waals surface area contributed by atoms with E-state index in [2.05, 4.69) is 39.9 Å². The molecule has 0 bridgehead atoms. The number of rotatable bonds is 3. The lowest BCUT2D eigenvalue weighted by atomic mass is 9.72. The number of carbonyl (C=O) groups is 1. The Morgan fingerprint density at radius 1 is 1.11 bits per heavy atom. The average molecular weight is 249 g/mol. The zero-order valence-electron chi connectivity index (χ0n) is 11.9. The van der Waals surface area contributed by atoms with Crippen molar-refractivity contribution in [1.29, 1.82) is 0 Å². The number of hydrogen-bond acceptors (Lipinski definition) is 1. The Bertz CT molecular complexity index is 413. The molecule has 0 fully saturated rings. The molecule has 0 saturated carbocycles. The summed E-state index contributed by atoms with van der Waals surface area (Å²) in [5.41, 5.74) is 2.19. The molecular formula is C15H23NO2. The van der Waals surface area contributed by atoms with Crippen LogP contribution in [0.4, 0.5) is 10.5 Å². The number of hydrogen-bond donors (Lipinski definition) is 2. The molecule has 0 aliphatic rings. The van der Waals surface area contributed by atoms with Gasteiger partial charge in [0.25, 0.3) is 0 Å². The molecule has 3 heteroatoms. The molecule has 100 valence electrons. The molecule has 0 saturated heterocycles. The summed E-state index contributed by atoms with van der Waals surface area (Å²) < 4.78 is 0. The first-order valence-electron chi connectivity index (χ1n) is 6.21. The van der Waals surface area contributed by atoms with E-state index >= 15 is 0 Å². The quantitative estimate of drug-likeness (QED) is 0.829. The summed E-state index contributed by atoms with van der Waals surface area (Å²) in [7, 11) is 0. The lowest BCUT2D eigenvalue weighted by molar-refractivity contribution is 0.210. The number of benzene rings is 1. The van der Waals surface area contributed by atoms with Crippen LogP contribution in [0.3, 0.4) is 0 Å². The van der Waals surface area contributed by atoms with Crippen molar-refractivity contribution < 1.29 is 9.90 Å². The maximum atomic E-state index is 10.5. The topological polar surface area (TPSA) is 49.3 Å². The molecule has 0 spiro atoms. The molecule has 0 heterocycles. The predicted octanol–water partition coefficient (Wildman–Crippen LogP) is 4.49. The largest absolute Gasteiger partial charge is 0.465 e. The van der Waals surface area contributed by atoms with Crippen molar-refractivity contribution >= 4 is 11.8 Å². The molecule has 0 unspecified atom stereocenters. The average Bonchev–Trinajstić information content (AvgIpc) is 2.13. The van der Waals surface area contributed by atoms with Crippen molar-refractivity contribution in [1.82, 2.24) is 0 Å². The maximum Gasteiger partial charge on any atom is 0.409 e. The number of nitrogens with one attached hydrogen (secondary N) is 1. The lowest BCUT2D eigenvalue weighted by Crippen LogP contribution is -2.24. The van der Waals surface area contributed by atoms with Crippen LogP contribution in [0.15, 0.2) is 24.3 Å². The molecule has 1 rings (SSSR count). The van der Waals surface area contributed by atoms with Gasteiger partial charge in [0.05, 0.1) is 0 Å². The van der Waals surface area contributed by atoms with E-state index in [0.29, 0.717) is 5.69 Å². The fourth-order valence-electron chi connectivity index (χ4n) is 2.56. The highest BCUT2D eigenvalue weighted by Gasteiger charge is 2.27. The minimum absolute atomic E-state index is 0.0833. The van der Waals surface area contributed by atoms with E-state index < -0.39 is 6.09 Å². The highest BCUT2D eigenvalue weighted by atomic mass is 16.4. The van der Waals surface area contributed by atoms with E-state index in [-0.39, 0.29) is 10.8 Å². The van der Waals surface area contributed by atoms with Gasteiger partial charge in [-0.05, 0) is 34.9 Å². The molecule has 0 aliphatic carbocycles. The van der Waals surface area contributed by atoms with Crippen molar-refractivity contribution in [3.05, 3.63) is 29.8 Å². The number of carboxylic acid groups (broad SMARTS) is 1. The fourth-order valence-corrected chi connectivity index (χ4v) is 2.56. The zero-order chi connectivity index (χ0) is 14.0. The Kier molecular flexibility index (Phi) is 4.05. The Morgan fingerprint density at radius 3 is 2.00 bits per heavy atom. The van der Waals surface area contributed by atoms with Gasteiger partial charge in [-0.1, -0.05) is 46.8 Å². The van der Waals surface area contributed by atoms with Gasteiger partial charge in [0.1, 0.15) is 0 Å². The van der Waals surface area contributed by atoms with Gasteiger partial charge in [0.2, 0.25) is 0 Å². The van der Waals surface area contributed by atoms with E-state index in [9.17, 15) is 4.79 Å². The lowest BCUT2D eigenvalue weighted by Gasteiger charge is -2.33. The summed E-state index contributed by atoms with van der Waals surface area (Å²) in [5, 5.41) is 11.0. The summed E-state index contributed by atoms with van der Waals surface area (Å²) in [6, 6.07) is 7.62. The molecule has 0 atom stereocenters. The second-order valence-corrected chi connectivity index (χ2v) is 6.63. The number of amides is 1. The predicted molar refractivity (Wildman–Crippen MR) is 75.2 cm³/mol. The van der Waals surface area contributed by atoms with Gasteiger partial charge in [-0.3, -0.25) is 5.32 Å². The van der Waals surface area contributed by atoms with Gasteiger partial charge in [-0.15, -0.1) is 0 Å². The molecule has 18 heavy (non-hydrogen) atoms. The van der Waals surface area contributed by atoms with Crippen molar-refractivity contribution in [2.24, 2.45) is 5.41 Å². The van der Waals surface area contributed by atoms with Gasteiger partial charge in [-0.2, -0.15) is 0 Å². The van der Waals surface area contributed by atoms with Crippen LogP contribution in [0.1, 0.15) is 46.6 Å². The highest BCUT2D eigenvalue weighted by molar-refractivity contribution is 5.82. The van der Waals surface area contributed by atoms with Crippen LogP contribution in [0, 0.1) is 5.41 Å². The van der Waals surface area contributed by atoms with E-state index in [1.165, 1.54) is 5.56 Å². The standard InChI is InChI=1S/C15H23NO2/c1-14(2,3)10-15(4,5)11-6-8-12(9-7-11)16-13(17)18/h6-9,16H,10H2,1-5H3,(H,17,18). The zero-order valence-corrected chi connectivity index (χ0v) is 11.9. The second-order valence-electron chi connectivity index (χ2n) is 6.63. The summed E-state index contributed by atoms with van der Waals surface area (Å²) in [6.07, 6.45) is 0.0443. The minimum atomic E-state index is -1.03. The third kappa shape index (κ3) is 4.40. The van der Waals surface area contributed by atoms with Crippen LogP contribution in [0.5, 0.6) is 0 Å². The van der Waals surface area contributed by atoms with Crippen molar-refractivity contribution in [2.75, 3.05) is 5.32 Å². The van der Waals surface area contributed by atoms with Crippen LogP contribution in [0.2, 0.25) is 0 Å². The molecule has 0 aliphatic heterocycles. The summed E-state index contributed by atoms with van der Waals surface area (Å²) in [4.78, 5) is 10.5. The van der Waals surface area contributed by atoms with Crippen molar-refractivity contribution in [2.45, 2.75) is 46.5 Å². The van der Waals surface area contributed by atoms with E-state index in [1.807, 2.05) is 24.3 Å². The third-order valence-corrected chi connectivity index (χ3v) is 2.89. The first-order valence-corrected chi connectivity index (χ1v) is 6.21. The second kappa shape index (κ2) is 5.01. The van der Waals surface area contributed by atoms with E-state index in [0.717, 1.165) is 6.42 Å². The Labute approximate surface area is 109 Å². The van der Waals surface area contributed by atoms with Gasteiger partial charge < -0.3 is 5.11 Å². The molecule has 1 aromatic rings. The van der Waals surface area contributed by atoms with Crippen LogP contribution in [-0.4, -0.2) is 11.2 Å².